The van der Waals surface area contributed by atoms with Crippen LogP contribution in [0.1, 0.15) is 56.9 Å². The van der Waals surface area contributed by atoms with Crippen LogP contribution in [0.3, 0.4) is 0 Å². The van der Waals surface area contributed by atoms with Crippen molar-refractivity contribution in [3.05, 3.63) is 95.5 Å². The number of benzene rings is 4. The van der Waals surface area contributed by atoms with Crippen molar-refractivity contribution < 1.29 is 23.0 Å². The number of aliphatic imine (C=N–C) groups is 1. The number of nitrogens with one attached hydrogen (secondary N) is 1. The summed E-state index contributed by atoms with van der Waals surface area (Å²) < 4.78 is 44.8. The van der Waals surface area contributed by atoms with E-state index in [-0.39, 0.29) is 18.0 Å². The van der Waals surface area contributed by atoms with Crippen molar-refractivity contribution in [1.82, 2.24) is 4.72 Å². The number of nitrogens with zero attached hydrogens (tertiary/aromatic N) is 1. The van der Waals surface area contributed by atoms with Gasteiger partial charge in [-0.2, -0.15) is 8.78 Å². The molecular weight excluding hydrogens is 664 g/mol. The number of carbonyl (C=O) groups is 1. The highest BCUT2D eigenvalue weighted by molar-refractivity contribution is 7.97. The molecule has 3 N–H and O–H groups in total. The van der Waals surface area contributed by atoms with E-state index in [4.69, 9.17) is 26.8 Å². The number of halogens is 3. The van der Waals surface area contributed by atoms with Gasteiger partial charge in [0.15, 0.2) is 0 Å². The third-order valence-electron chi connectivity index (χ3n) is 9.72. The molecule has 0 bridgehead atoms. The summed E-state index contributed by atoms with van der Waals surface area (Å²) in [5, 5.41) is 2.53. The molecule has 0 heterocycles. The standard InChI is InChI=1S/C30H26ClF2NO3S.C9H16N2/c31-23-9-14-26(15-10-23)36-25-12-7-22(8-13-25)30(32,33)29(19-35)34-38-28-16-6-20-17-27(11-5-21(20)18-28)37-24-3-1-2-4-24;1-11-9-5-7(10)4-6-2-3-8(6)9/h5-19,24,29,34H,1-4H2;6-8H,2-5,10H2,1H3. The Morgan fingerprint density at radius 2 is 1.57 bits per heavy atom. The largest absolute Gasteiger partial charge is 0.490 e. The van der Waals surface area contributed by atoms with E-state index in [0.29, 0.717) is 22.6 Å². The van der Waals surface area contributed by atoms with E-state index < -0.39 is 12.0 Å². The van der Waals surface area contributed by atoms with Crippen LogP contribution in [-0.2, 0) is 10.7 Å². The Hall–Kier alpha value is -3.50. The van der Waals surface area contributed by atoms with Gasteiger partial charge >= 0.3 is 0 Å². The second-order valence-electron chi connectivity index (χ2n) is 13.1. The molecule has 4 atom stereocenters. The van der Waals surface area contributed by atoms with Gasteiger partial charge in [-0.25, -0.2) is 4.72 Å². The summed E-state index contributed by atoms with van der Waals surface area (Å²) in [5.41, 5.74) is 7.00. The van der Waals surface area contributed by atoms with E-state index in [0.717, 1.165) is 64.5 Å². The van der Waals surface area contributed by atoms with Crippen molar-refractivity contribution in [3.63, 3.8) is 0 Å². The van der Waals surface area contributed by atoms with Crippen molar-refractivity contribution in [2.24, 2.45) is 22.6 Å². The SMILES string of the molecule is CN=C1CC(N)CC2CCC12.O=CC(NSc1ccc2cc(OC3CCCC3)ccc2c1)C(F)(F)c1ccc(Oc2ccc(Cl)cc2)cc1. The highest BCUT2D eigenvalue weighted by Gasteiger charge is 2.42. The van der Waals surface area contributed by atoms with Crippen molar-refractivity contribution in [3.8, 4) is 17.2 Å². The van der Waals surface area contributed by atoms with Gasteiger partial charge in [-0.05, 0) is 152 Å². The van der Waals surface area contributed by atoms with Crippen molar-refractivity contribution in [2.45, 2.75) is 80.4 Å². The van der Waals surface area contributed by atoms with Crippen molar-refractivity contribution in [1.29, 1.82) is 0 Å². The predicted octanol–water partition coefficient (Wildman–Crippen LogP) is 9.77. The first-order chi connectivity index (χ1) is 23.7. The molecule has 4 aromatic carbocycles. The molecule has 6 nitrogen and oxygen atoms in total. The summed E-state index contributed by atoms with van der Waals surface area (Å²) in [5.74, 6) is 0.0394. The lowest BCUT2D eigenvalue weighted by Gasteiger charge is -2.43. The first-order valence-corrected chi connectivity index (χ1v) is 18.1. The van der Waals surface area contributed by atoms with Crippen molar-refractivity contribution >= 4 is 46.3 Å². The molecule has 0 amide bonds. The lowest BCUT2D eigenvalue weighted by molar-refractivity contribution is -0.119. The average Bonchev–Trinajstić information content (AvgIpc) is 3.61. The number of aldehydes is 1. The maximum absolute atomic E-state index is 15.2. The number of hydrogen-bond acceptors (Lipinski definition) is 7. The fourth-order valence-corrected chi connectivity index (χ4v) is 7.77. The minimum absolute atomic E-state index is 0.235. The normalized spacial score (nSPS) is 22.1. The summed E-state index contributed by atoms with van der Waals surface area (Å²) >= 11 is 6.87. The van der Waals surface area contributed by atoms with E-state index in [9.17, 15) is 4.79 Å². The van der Waals surface area contributed by atoms with Crippen LogP contribution in [0.5, 0.6) is 17.2 Å². The molecule has 0 aliphatic heterocycles. The van der Waals surface area contributed by atoms with Crippen LogP contribution in [0.4, 0.5) is 8.78 Å². The quantitative estimate of drug-likeness (QED) is 0.126. The summed E-state index contributed by atoms with van der Waals surface area (Å²) in [6, 6.07) is 22.4. The molecule has 3 aliphatic rings. The van der Waals surface area contributed by atoms with Crippen LogP contribution in [0.25, 0.3) is 10.8 Å². The molecule has 258 valence electrons. The van der Waals surface area contributed by atoms with Gasteiger partial charge < -0.3 is 20.0 Å². The second kappa shape index (κ2) is 16.0. The van der Waals surface area contributed by atoms with Gasteiger partial charge in [0.2, 0.25) is 0 Å². The second-order valence-corrected chi connectivity index (χ2v) is 14.4. The van der Waals surface area contributed by atoms with E-state index in [1.165, 1.54) is 62.1 Å². The molecule has 49 heavy (non-hydrogen) atoms. The number of fused-ring (bicyclic) bond motifs is 2. The molecule has 0 radical (unpaired) electrons. The number of alkyl halides is 2. The fourth-order valence-electron chi connectivity index (χ4n) is 6.86. The minimum Gasteiger partial charge on any atom is -0.490 e. The van der Waals surface area contributed by atoms with Gasteiger partial charge in [0.05, 0.1) is 6.10 Å². The van der Waals surface area contributed by atoms with E-state index >= 15 is 8.78 Å². The lowest BCUT2D eigenvalue weighted by atomic mass is 9.63. The van der Waals surface area contributed by atoms with Gasteiger partial charge in [0.25, 0.3) is 5.92 Å². The van der Waals surface area contributed by atoms with Gasteiger partial charge in [-0.1, -0.05) is 23.7 Å². The summed E-state index contributed by atoms with van der Waals surface area (Å²) in [6.45, 7) is 0. The monoisotopic (exact) mass is 705 g/mol. The summed E-state index contributed by atoms with van der Waals surface area (Å²) in [7, 11) is 1.91. The van der Waals surface area contributed by atoms with Gasteiger partial charge in [-0.3, -0.25) is 4.99 Å². The molecule has 7 rings (SSSR count). The molecule has 4 aromatic rings. The molecule has 3 fully saturated rings. The third kappa shape index (κ3) is 8.81. The number of hydrogen-bond donors (Lipinski definition) is 2. The zero-order chi connectivity index (χ0) is 34.4. The molecule has 10 heteroatoms. The summed E-state index contributed by atoms with van der Waals surface area (Å²) in [4.78, 5) is 16.7. The Balaban J connectivity index is 0.000000319. The highest BCUT2D eigenvalue weighted by Crippen LogP contribution is 2.43. The Kier molecular flexibility index (Phi) is 11.6. The number of nitrogens with two attached hydrogens (primary N) is 1. The maximum atomic E-state index is 15.2. The van der Waals surface area contributed by atoms with E-state index in [1.807, 2.05) is 43.4 Å². The van der Waals surface area contributed by atoms with Gasteiger partial charge in [0.1, 0.15) is 29.6 Å². The zero-order valence-corrected chi connectivity index (χ0v) is 29.1. The van der Waals surface area contributed by atoms with Gasteiger partial charge in [0, 0.05) is 40.7 Å². The fraction of sp³-hybridized carbons (Fsp3) is 0.385. The molecule has 0 saturated heterocycles. The highest BCUT2D eigenvalue weighted by atomic mass is 35.5. The Labute approximate surface area is 295 Å². The van der Waals surface area contributed by atoms with Crippen LogP contribution in [0, 0.1) is 11.8 Å². The van der Waals surface area contributed by atoms with Crippen LogP contribution in [0.2, 0.25) is 5.02 Å². The minimum atomic E-state index is -3.43. The average molecular weight is 706 g/mol. The summed E-state index contributed by atoms with van der Waals surface area (Å²) in [6.07, 6.45) is 10.1. The van der Waals surface area contributed by atoms with Crippen LogP contribution in [-0.4, -0.2) is 37.2 Å². The van der Waals surface area contributed by atoms with E-state index in [2.05, 4.69) is 9.71 Å². The zero-order valence-electron chi connectivity index (χ0n) is 27.5. The first kappa shape index (κ1) is 35.3. The van der Waals surface area contributed by atoms with Gasteiger partial charge in [-0.15, -0.1) is 0 Å². The van der Waals surface area contributed by atoms with Crippen LogP contribution >= 0.6 is 23.5 Å². The smallest absolute Gasteiger partial charge is 0.295 e. The molecule has 0 aromatic heterocycles. The number of ether oxygens (including phenoxy) is 2. The molecule has 3 aliphatic carbocycles. The number of carbonyl (C=O) groups excluding carboxylic acids is 1. The topological polar surface area (TPSA) is 85.9 Å². The van der Waals surface area contributed by atoms with Crippen molar-refractivity contribution in [2.75, 3.05) is 7.05 Å². The Bertz CT molecular complexity index is 1750. The molecule has 0 spiro atoms. The Morgan fingerprint density at radius 3 is 2.22 bits per heavy atom. The molecular formula is C39H42ClF2N3O3S. The maximum Gasteiger partial charge on any atom is 0.295 e. The molecule has 4 unspecified atom stereocenters. The first-order valence-electron chi connectivity index (χ1n) is 16.9. The van der Waals surface area contributed by atoms with E-state index in [1.54, 1.807) is 24.3 Å². The van der Waals surface area contributed by atoms with Crippen LogP contribution in [0.15, 0.2) is 94.8 Å². The van der Waals surface area contributed by atoms with Crippen LogP contribution < -0.4 is 19.9 Å². The third-order valence-corrected chi connectivity index (χ3v) is 10.8. The Morgan fingerprint density at radius 1 is 0.918 bits per heavy atom. The molecule has 3 saturated carbocycles. The number of rotatable bonds is 10. The predicted molar refractivity (Wildman–Crippen MR) is 194 cm³/mol. The lowest BCUT2D eigenvalue weighted by Crippen LogP contribution is -2.44.